The van der Waals surface area contributed by atoms with E-state index in [-0.39, 0.29) is 0 Å². The smallest absolute Gasteiger partial charge is 0.173 e. The second-order valence-electron chi connectivity index (χ2n) is 6.96. The van der Waals surface area contributed by atoms with E-state index in [0.29, 0.717) is 30.3 Å². The maximum atomic E-state index is 6.05. The molecule has 0 saturated carbocycles. The molecule has 0 amide bonds. The van der Waals surface area contributed by atoms with Gasteiger partial charge in [-0.15, -0.1) is 0 Å². The average molecular weight is 537 g/mol. The van der Waals surface area contributed by atoms with Gasteiger partial charge >= 0.3 is 0 Å². The molecule has 2 aromatic rings. The van der Waals surface area contributed by atoms with Crippen molar-refractivity contribution in [2.24, 2.45) is 0 Å². The molecule has 31 heavy (non-hydrogen) atoms. The van der Waals surface area contributed by atoms with Gasteiger partial charge in [-0.05, 0) is 60.8 Å². The Morgan fingerprint density at radius 3 is 1.74 bits per heavy atom. The number of rotatable bonds is 5. The van der Waals surface area contributed by atoms with E-state index in [1.165, 1.54) is 0 Å². The lowest BCUT2D eigenvalue weighted by Gasteiger charge is -2.36. The van der Waals surface area contributed by atoms with Gasteiger partial charge in [-0.3, -0.25) is 4.90 Å². The molecule has 2 aromatic carbocycles. The summed E-state index contributed by atoms with van der Waals surface area (Å²) in [5, 5.41) is 13.0. The molecular weight excluding hydrogens is 516 g/mol. The lowest BCUT2D eigenvalue weighted by atomic mass is 10.3. The Kier molecular flexibility index (Phi) is 9.28. The highest BCUT2D eigenvalue weighted by atomic mass is 35.5. The van der Waals surface area contributed by atoms with E-state index in [9.17, 15) is 0 Å². The van der Waals surface area contributed by atoms with Gasteiger partial charge in [0.25, 0.3) is 0 Å². The highest BCUT2D eigenvalue weighted by Gasteiger charge is 2.19. The van der Waals surface area contributed by atoms with Gasteiger partial charge in [-0.2, -0.15) is 0 Å². The molecule has 3 N–H and O–H groups in total. The molecule has 1 aliphatic rings. The van der Waals surface area contributed by atoms with Crippen molar-refractivity contribution < 1.29 is 0 Å². The minimum Gasteiger partial charge on any atom is -0.361 e. The van der Waals surface area contributed by atoms with Crippen molar-refractivity contribution in [2.45, 2.75) is 0 Å². The number of anilines is 2. The Morgan fingerprint density at radius 2 is 1.23 bits per heavy atom. The average Bonchev–Trinajstić information content (AvgIpc) is 2.66. The summed E-state index contributed by atoms with van der Waals surface area (Å²) in [5.74, 6) is 0. The van der Waals surface area contributed by atoms with Crippen LogP contribution in [0.15, 0.2) is 36.4 Å². The predicted molar refractivity (Wildman–Crippen MR) is 141 cm³/mol. The number of halogens is 4. The number of nitrogens with zero attached hydrogens (tertiary/aromatic N) is 2. The van der Waals surface area contributed by atoms with Crippen LogP contribution in [0.1, 0.15) is 0 Å². The zero-order valence-electron chi connectivity index (χ0n) is 16.4. The van der Waals surface area contributed by atoms with E-state index >= 15 is 0 Å². The van der Waals surface area contributed by atoms with Gasteiger partial charge in [0.2, 0.25) is 0 Å². The molecule has 1 aliphatic heterocycles. The van der Waals surface area contributed by atoms with Crippen molar-refractivity contribution in [1.82, 2.24) is 15.1 Å². The number of hydrogen-bond donors (Lipinski definition) is 3. The lowest BCUT2D eigenvalue weighted by molar-refractivity contribution is 0.186. The van der Waals surface area contributed by atoms with Crippen LogP contribution in [-0.2, 0) is 0 Å². The maximum Gasteiger partial charge on any atom is 0.173 e. The van der Waals surface area contributed by atoms with Crippen molar-refractivity contribution >= 4 is 92.4 Å². The Hall–Kier alpha value is -1.06. The summed E-state index contributed by atoms with van der Waals surface area (Å²) in [6.45, 7) is 5.08. The van der Waals surface area contributed by atoms with Crippen molar-refractivity contribution in [1.29, 1.82) is 0 Å². The topological polar surface area (TPSA) is 42.6 Å². The number of benzene rings is 2. The fraction of sp³-hybridized carbons (Fsp3) is 0.300. The Labute approximate surface area is 213 Å². The minimum atomic E-state index is 0.530. The Balaban J connectivity index is 1.37. The summed E-state index contributed by atoms with van der Waals surface area (Å²) < 4.78 is 0. The molecule has 3 rings (SSSR count). The summed E-state index contributed by atoms with van der Waals surface area (Å²) in [6, 6.07) is 10.5. The van der Waals surface area contributed by atoms with E-state index in [2.05, 4.69) is 25.8 Å². The van der Waals surface area contributed by atoms with Gasteiger partial charge < -0.3 is 20.9 Å². The van der Waals surface area contributed by atoms with Gasteiger partial charge in [-0.1, -0.05) is 46.4 Å². The van der Waals surface area contributed by atoms with Crippen LogP contribution in [0.5, 0.6) is 0 Å². The van der Waals surface area contributed by atoms with Crippen molar-refractivity contribution in [2.75, 3.05) is 49.9 Å². The summed E-state index contributed by atoms with van der Waals surface area (Å²) in [7, 11) is 0. The number of hydrogen-bond acceptors (Lipinski definition) is 3. The third-order valence-electron chi connectivity index (χ3n) is 4.61. The van der Waals surface area contributed by atoms with Crippen molar-refractivity contribution in [3.63, 3.8) is 0 Å². The molecular formula is C20H21Cl4N5S2. The summed E-state index contributed by atoms with van der Waals surface area (Å²) >= 11 is 35.0. The van der Waals surface area contributed by atoms with Crippen LogP contribution in [0.2, 0.25) is 20.1 Å². The monoisotopic (exact) mass is 535 g/mol. The third kappa shape index (κ3) is 8.09. The third-order valence-corrected chi connectivity index (χ3v) is 6.09. The van der Waals surface area contributed by atoms with Crippen LogP contribution >= 0.6 is 70.8 Å². The molecule has 0 bridgehead atoms. The van der Waals surface area contributed by atoms with Crippen LogP contribution in [0.25, 0.3) is 0 Å². The van der Waals surface area contributed by atoms with E-state index in [0.717, 1.165) is 50.6 Å². The Bertz CT molecular complexity index is 908. The second kappa shape index (κ2) is 11.7. The molecule has 5 nitrogen and oxygen atoms in total. The number of piperazine rings is 1. The van der Waals surface area contributed by atoms with Crippen molar-refractivity contribution in [3.8, 4) is 0 Å². The van der Waals surface area contributed by atoms with Gasteiger partial charge in [-0.25, -0.2) is 0 Å². The lowest BCUT2D eigenvalue weighted by Crippen LogP contribution is -2.51. The first-order valence-electron chi connectivity index (χ1n) is 9.54. The van der Waals surface area contributed by atoms with E-state index in [1.54, 1.807) is 36.4 Å². The normalized spacial score (nSPS) is 14.3. The molecule has 1 heterocycles. The van der Waals surface area contributed by atoms with E-state index < -0.39 is 0 Å². The number of nitrogens with one attached hydrogen (secondary N) is 3. The fourth-order valence-corrected chi connectivity index (χ4v) is 4.70. The molecule has 11 heteroatoms. The summed E-state index contributed by atoms with van der Waals surface area (Å²) in [4.78, 5) is 4.50. The van der Waals surface area contributed by atoms with Gasteiger partial charge in [0, 0.05) is 70.7 Å². The SMILES string of the molecule is S=C(NCCN1CCN(C(=S)Nc2cc(Cl)cc(Cl)c2)CC1)Nc1cc(Cl)cc(Cl)c1. The molecule has 0 radical (unpaired) electrons. The molecule has 166 valence electrons. The second-order valence-corrected chi connectivity index (χ2v) is 9.50. The standard InChI is InChI=1S/C20H21Cl4N5S2/c21-13-7-14(22)10-17(9-13)26-19(30)25-1-2-28-3-5-29(6-4-28)20(31)27-18-11-15(23)8-16(24)12-18/h7-12H,1-6H2,(H,27,31)(H2,25,26,30). The van der Waals surface area contributed by atoms with Crippen LogP contribution in [0.3, 0.4) is 0 Å². The van der Waals surface area contributed by atoms with Gasteiger partial charge in [0.05, 0.1) is 0 Å². The molecule has 1 fully saturated rings. The van der Waals surface area contributed by atoms with Crippen LogP contribution in [-0.4, -0.2) is 59.3 Å². The number of thiocarbonyl (C=S) groups is 2. The summed E-state index contributed by atoms with van der Waals surface area (Å²) in [5.41, 5.74) is 1.54. The minimum absolute atomic E-state index is 0.530. The van der Waals surface area contributed by atoms with Crippen molar-refractivity contribution in [3.05, 3.63) is 56.5 Å². The zero-order chi connectivity index (χ0) is 22.4. The largest absolute Gasteiger partial charge is 0.361 e. The predicted octanol–water partition coefficient (Wildman–Crippen LogP) is 5.60. The van der Waals surface area contributed by atoms with E-state index in [1.807, 2.05) is 0 Å². The molecule has 0 atom stereocenters. The molecule has 0 aliphatic carbocycles. The molecule has 0 unspecified atom stereocenters. The van der Waals surface area contributed by atoms with E-state index in [4.69, 9.17) is 70.8 Å². The van der Waals surface area contributed by atoms with Gasteiger partial charge in [0.15, 0.2) is 10.2 Å². The van der Waals surface area contributed by atoms with Crippen LogP contribution in [0.4, 0.5) is 11.4 Å². The first kappa shape index (κ1) is 24.6. The Morgan fingerprint density at radius 1 is 0.742 bits per heavy atom. The van der Waals surface area contributed by atoms with Crippen LogP contribution in [0, 0.1) is 0 Å². The highest BCUT2D eigenvalue weighted by Crippen LogP contribution is 2.23. The highest BCUT2D eigenvalue weighted by molar-refractivity contribution is 7.80. The fourth-order valence-electron chi connectivity index (χ4n) is 3.13. The maximum absolute atomic E-state index is 6.05. The molecule has 0 aromatic heterocycles. The molecule has 1 saturated heterocycles. The molecule has 0 spiro atoms. The first-order valence-corrected chi connectivity index (χ1v) is 11.9. The van der Waals surface area contributed by atoms with Gasteiger partial charge in [0.1, 0.15) is 0 Å². The quantitative estimate of drug-likeness (QED) is 0.429. The summed E-state index contributed by atoms with van der Waals surface area (Å²) in [6.07, 6.45) is 0. The first-order chi connectivity index (χ1) is 14.8. The van der Waals surface area contributed by atoms with Crippen LogP contribution < -0.4 is 16.0 Å². The zero-order valence-corrected chi connectivity index (χ0v) is 21.1.